The van der Waals surface area contributed by atoms with E-state index in [9.17, 15) is 0 Å². The van der Waals surface area contributed by atoms with Gasteiger partial charge in [-0.25, -0.2) is 4.98 Å². The van der Waals surface area contributed by atoms with Crippen molar-refractivity contribution in [2.24, 2.45) is 0 Å². The maximum atomic E-state index is 5.94. The van der Waals surface area contributed by atoms with E-state index in [4.69, 9.17) is 5.73 Å². The Morgan fingerprint density at radius 2 is 2.24 bits per heavy atom. The highest BCUT2D eigenvalue weighted by molar-refractivity contribution is 5.54. The van der Waals surface area contributed by atoms with Gasteiger partial charge in [0.2, 0.25) is 0 Å². The van der Waals surface area contributed by atoms with Gasteiger partial charge in [0.1, 0.15) is 5.82 Å². The third-order valence-electron chi connectivity index (χ3n) is 3.58. The molecule has 2 rings (SSSR count). The molecule has 1 aliphatic heterocycles. The summed E-state index contributed by atoms with van der Waals surface area (Å²) in [5.41, 5.74) is 7.83. The third-order valence-corrected chi connectivity index (χ3v) is 3.58. The molecule has 4 nitrogen and oxygen atoms in total. The van der Waals surface area contributed by atoms with Gasteiger partial charge < -0.3 is 15.5 Å². The van der Waals surface area contributed by atoms with Crippen molar-refractivity contribution in [2.45, 2.75) is 25.8 Å². The van der Waals surface area contributed by atoms with E-state index in [1.54, 1.807) is 0 Å². The minimum atomic E-state index is 0.619. The second-order valence-corrected chi connectivity index (χ2v) is 5.10. The quantitative estimate of drug-likeness (QED) is 0.842. The van der Waals surface area contributed by atoms with Gasteiger partial charge in [-0.1, -0.05) is 0 Å². The largest absolute Gasteiger partial charge is 0.398 e. The average molecular weight is 234 g/mol. The minimum absolute atomic E-state index is 0.619. The molecule has 94 valence electrons. The van der Waals surface area contributed by atoms with E-state index >= 15 is 0 Å². The number of anilines is 2. The molecule has 2 N–H and O–H groups in total. The van der Waals surface area contributed by atoms with Crippen LogP contribution in [0.4, 0.5) is 11.5 Å². The average Bonchev–Trinajstić information content (AvgIpc) is 2.33. The molecule has 0 bridgehead atoms. The maximum Gasteiger partial charge on any atom is 0.130 e. The third kappa shape index (κ3) is 2.69. The molecule has 0 radical (unpaired) electrons. The smallest absolute Gasteiger partial charge is 0.130 e. The van der Waals surface area contributed by atoms with Crippen LogP contribution < -0.4 is 10.6 Å². The van der Waals surface area contributed by atoms with Crippen molar-refractivity contribution in [1.82, 2.24) is 9.88 Å². The van der Waals surface area contributed by atoms with Crippen molar-refractivity contribution in [2.75, 3.05) is 37.8 Å². The van der Waals surface area contributed by atoms with E-state index in [0.717, 1.165) is 30.2 Å². The van der Waals surface area contributed by atoms with E-state index in [-0.39, 0.29) is 0 Å². The van der Waals surface area contributed by atoms with Crippen LogP contribution in [-0.2, 0) is 0 Å². The number of rotatable bonds is 2. The van der Waals surface area contributed by atoms with Gasteiger partial charge in [-0.2, -0.15) is 0 Å². The topological polar surface area (TPSA) is 45.4 Å². The lowest BCUT2D eigenvalue weighted by molar-refractivity contribution is 0.257. The molecule has 17 heavy (non-hydrogen) atoms. The molecular formula is C13H22N4. The fourth-order valence-corrected chi connectivity index (χ4v) is 2.28. The number of piperidine rings is 1. The lowest BCUT2D eigenvalue weighted by Gasteiger charge is -2.36. The number of aromatic nitrogens is 1. The Morgan fingerprint density at radius 3 is 2.88 bits per heavy atom. The number of likely N-dealkylation sites (N-methyl/N-ethyl adjacent to an activating group) is 1. The van der Waals surface area contributed by atoms with Crippen molar-refractivity contribution >= 4 is 11.5 Å². The zero-order chi connectivity index (χ0) is 12.4. The molecule has 1 aromatic rings. The van der Waals surface area contributed by atoms with E-state index in [1.807, 2.05) is 19.2 Å². The summed E-state index contributed by atoms with van der Waals surface area (Å²) in [5, 5.41) is 0. The molecule has 0 amide bonds. The van der Waals surface area contributed by atoms with E-state index in [2.05, 4.69) is 28.9 Å². The Bertz CT molecular complexity index is 389. The van der Waals surface area contributed by atoms with Crippen LogP contribution >= 0.6 is 0 Å². The molecular weight excluding hydrogens is 212 g/mol. The molecule has 0 spiro atoms. The zero-order valence-electron chi connectivity index (χ0n) is 11.0. The first kappa shape index (κ1) is 12.2. The van der Waals surface area contributed by atoms with Gasteiger partial charge in [0.15, 0.2) is 0 Å². The van der Waals surface area contributed by atoms with Gasteiger partial charge in [0, 0.05) is 37.1 Å². The van der Waals surface area contributed by atoms with Crippen molar-refractivity contribution in [3.8, 4) is 0 Å². The lowest BCUT2D eigenvalue weighted by atomic mass is 10.0. The molecule has 1 aromatic heterocycles. The van der Waals surface area contributed by atoms with Crippen molar-refractivity contribution < 1.29 is 0 Å². The van der Waals surface area contributed by atoms with Crippen LogP contribution in [0.1, 0.15) is 18.4 Å². The highest BCUT2D eigenvalue weighted by atomic mass is 15.2. The highest BCUT2D eigenvalue weighted by Crippen LogP contribution is 2.22. The molecule has 0 aliphatic carbocycles. The predicted octanol–water partition coefficient (Wildman–Crippen LogP) is 1.50. The molecule has 1 fully saturated rings. The number of nitrogens with zero attached hydrogens (tertiary/aromatic N) is 3. The fraction of sp³-hybridized carbons (Fsp3) is 0.615. The molecule has 1 saturated heterocycles. The van der Waals surface area contributed by atoms with Crippen LogP contribution in [0.2, 0.25) is 0 Å². The summed E-state index contributed by atoms with van der Waals surface area (Å²) in [6.45, 7) is 4.12. The van der Waals surface area contributed by atoms with E-state index < -0.39 is 0 Å². The molecule has 0 aromatic carbocycles. The van der Waals surface area contributed by atoms with Crippen LogP contribution in [0, 0.1) is 6.92 Å². The summed E-state index contributed by atoms with van der Waals surface area (Å²) >= 11 is 0. The van der Waals surface area contributed by atoms with E-state index in [1.165, 1.54) is 12.8 Å². The van der Waals surface area contributed by atoms with Crippen LogP contribution in [-0.4, -0.2) is 43.1 Å². The van der Waals surface area contributed by atoms with Gasteiger partial charge in [-0.15, -0.1) is 0 Å². The Balaban J connectivity index is 2.13. The van der Waals surface area contributed by atoms with Crippen LogP contribution in [0.25, 0.3) is 0 Å². The Kier molecular flexibility index (Phi) is 3.52. The Morgan fingerprint density at radius 1 is 1.47 bits per heavy atom. The van der Waals surface area contributed by atoms with Crippen molar-refractivity contribution in [3.63, 3.8) is 0 Å². The van der Waals surface area contributed by atoms with Crippen LogP contribution in [0.15, 0.2) is 12.3 Å². The number of hydrogen-bond acceptors (Lipinski definition) is 4. The summed E-state index contributed by atoms with van der Waals surface area (Å²) in [6, 6.07) is 2.61. The molecule has 0 saturated carbocycles. The predicted molar refractivity (Wildman–Crippen MR) is 72.3 cm³/mol. The number of hydrogen-bond donors (Lipinski definition) is 1. The van der Waals surface area contributed by atoms with Gasteiger partial charge in [-0.3, -0.25) is 0 Å². The molecule has 2 heterocycles. The molecule has 1 aliphatic rings. The first-order valence-corrected chi connectivity index (χ1v) is 6.21. The SMILES string of the molecule is Cc1cnc(N2CCCC(N(C)C)C2)cc1N. The number of nitrogens with two attached hydrogens (primary N) is 1. The van der Waals surface area contributed by atoms with Crippen molar-refractivity contribution in [3.05, 3.63) is 17.8 Å². The first-order chi connectivity index (χ1) is 8.08. The molecule has 4 heteroatoms. The lowest BCUT2D eigenvalue weighted by Crippen LogP contribution is -2.45. The normalized spacial score (nSPS) is 20.9. The summed E-state index contributed by atoms with van der Waals surface area (Å²) in [4.78, 5) is 9.12. The van der Waals surface area contributed by atoms with Gasteiger partial charge in [0.05, 0.1) is 0 Å². The van der Waals surface area contributed by atoms with Crippen LogP contribution in [0.5, 0.6) is 0 Å². The summed E-state index contributed by atoms with van der Waals surface area (Å²) < 4.78 is 0. The summed E-state index contributed by atoms with van der Waals surface area (Å²) in [5.74, 6) is 1.01. The first-order valence-electron chi connectivity index (χ1n) is 6.21. The standard InChI is InChI=1S/C13H22N4/c1-10-8-15-13(7-12(10)14)17-6-4-5-11(9-17)16(2)3/h7-8,11H,4-6,9H2,1-3H3,(H2,14,15). The second kappa shape index (κ2) is 4.92. The summed E-state index contributed by atoms with van der Waals surface area (Å²) in [6.07, 6.45) is 4.35. The Labute approximate surface area is 103 Å². The van der Waals surface area contributed by atoms with Crippen molar-refractivity contribution in [1.29, 1.82) is 0 Å². The van der Waals surface area contributed by atoms with Gasteiger partial charge >= 0.3 is 0 Å². The van der Waals surface area contributed by atoms with E-state index in [0.29, 0.717) is 6.04 Å². The monoisotopic (exact) mass is 234 g/mol. The highest BCUT2D eigenvalue weighted by Gasteiger charge is 2.22. The fourth-order valence-electron chi connectivity index (χ4n) is 2.28. The minimum Gasteiger partial charge on any atom is -0.398 e. The summed E-state index contributed by atoms with van der Waals surface area (Å²) in [7, 11) is 4.29. The van der Waals surface area contributed by atoms with Gasteiger partial charge in [-0.05, 0) is 39.4 Å². The number of aryl methyl sites for hydroxylation is 1. The molecule has 1 atom stereocenters. The second-order valence-electron chi connectivity index (χ2n) is 5.10. The maximum absolute atomic E-state index is 5.94. The van der Waals surface area contributed by atoms with Gasteiger partial charge in [0.25, 0.3) is 0 Å². The number of pyridine rings is 1. The van der Waals surface area contributed by atoms with Crippen LogP contribution in [0.3, 0.4) is 0 Å². The molecule has 1 unspecified atom stereocenters. The number of nitrogen functional groups attached to an aromatic ring is 1. The zero-order valence-corrected chi connectivity index (χ0v) is 11.0. The Hall–Kier alpha value is -1.29.